The Morgan fingerprint density at radius 3 is 2.04 bits per heavy atom. The number of nitrogens with zero attached hydrogens (tertiary/aromatic N) is 1. The van der Waals surface area contributed by atoms with Crippen LogP contribution in [0.3, 0.4) is 0 Å². The highest BCUT2D eigenvalue weighted by Crippen LogP contribution is 2.36. The van der Waals surface area contributed by atoms with Crippen LogP contribution < -0.4 is 0 Å². The molecule has 1 atom stereocenters. The third kappa shape index (κ3) is 2.59. The van der Waals surface area contributed by atoms with Crippen molar-refractivity contribution in [3.8, 4) is 0 Å². The molecular formula is C17H12ClNO4. The van der Waals surface area contributed by atoms with Crippen molar-refractivity contribution >= 4 is 29.4 Å². The molecule has 1 aliphatic heterocycles. The van der Waals surface area contributed by atoms with Crippen molar-refractivity contribution in [1.29, 1.82) is 0 Å². The lowest BCUT2D eigenvalue weighted by Crippen LogP contribution is -2.35. The summed E-state index contributed by atoms with van der Waals surface area (Å²) in [6.07, 6.45) is -0.408. The molecular weight excluding hydrogens is 318 g/mol. The average molecular weight is 330 g/mol. The van der Waals surface area contributed by atoms with Gasteiger partial charge in [0.1, 0.15) is 0 Å². The largest absolute Gasteiger partial charge is 0.481 e. The number of fused-ring (bicyclic) bond motifs is 1. The van der Waals surface area contributed by atoms with Gasteiger partial charge in [0, 0.05) is 5.02 Å². The molecule has 0 radical (unpaired) electrons. The predicted molar refractivity (Wildman–Crippen MR) is 83.4 cm³/mol. The number of carbonyl (C=O) groups excluding carboxylic acids is 2. The molecule has 0 saturated carbocycles. The monoisotopic (exact) mass is 329 g/mol. The Labute approximate surface area is 137 Å². The zero-order valence-corrected chi connectivity index (χ0v) is 12.7. The molecule has 23 heavy (non-hydrogen) atoms. The minimum absolute atomic E-state index is 0.278. The Morgan fingerprint density at radius 1 is 1.00 bits per heavy atom. The van der Waals surface area contributed by atoms with Crippen molar-refractivity contribution in [2.24, 2.45) is 0 Å². The number of amides is 2. The number of imide groups is 1. The lowest BCUT2D eigenvalue weighted by atomic mass is 10.0. The maximum Gasteiger partial charge on any atom is 0.305 e. The topological polar surface area (TPSA) is 74.7 Å². The van der Waals surface area contributed by atoms with Gasteiger partial charge in [-0.3, -0.25) is 19.3 Å². The normalized spacial score (nSPS) is 14.7. The Morgan fingerprint density at radius 2 is 1.52 bits per heavy atom. The van der Waals surface area contributed by atoms with Crippen LogP contribution in [0.25, 0.3) is 0 Å². The summed E-state index contributed by atoms with van der Waals surface area (Å²) in [5.41, 5.74) is 0.992. The van der Waals surface area contributed by atoms with Gasteiger partial charge in [0.2, 0.25) is 0 Å². The molecule has 1 N–H and O–H groups in total. The summed E-state index contributed by atoms with van der Waals surface area (Å²) in [7, 11) is 0. The molecule has 0 unspecified atom stereocenters. The first kappa shape index (κ1) is 15.2. The SMILES string of the molecule is O=C(O)C[C@H](c1ccccc1Cl)N1C(=O)c2ccccc2C1=O. The van der Waals surface area contributed by atoms with Crippen LogP contribution in [0.1, 0.15) is 38.7 Å². The summed E-state index contributed by atoms with van der Waals surface area (Å²) in [5.74, 6) is -2.12. The van der Waals surface area contributed by atoms with Gasteiger partial charge in [0.05, 0.1) is 23.6 Å². The number of carbonyl (C=O) groups is 3. The van der Waals surface area contributed by atoms with Gasteiger partial charge in [-0.05, 0) is 23.8 Å². The van der Waals surface area contributed by atoms with Gasteiger partial charge < -0.3 is 5.11 Å². The zero-order valence-electron chi connectivity index (χ0n) is 11.9. The Balaban J connectivity index is 2.09. The highest BCUT2D eigenvalue weighted by Gasteiger charge is 2.41. The molecule has 2 amide bonds. The molecule has 5 nitrogen and oxygen atoms in total. The molecule has 2 aromatic rings. The molecule has 6 heteroatoms. The van der Waals surface area contributed by atoms with Gasteiger partial charge in [-0.2, -0.15) is 0 Å². The predicted octanol–water partition coefficient (Wildman–Crippen LogP) is 3.15. The van der Waals surface area contributed by atoms with E-state index < -0.39 is 30.2 Å². The van der Waals surface area contributed by atoms with Crippen LogP contribution in [0.2, 0.25) is 5.02 Å². The number of rotatable bonds is 4. The lowest BCUT2D eigenvalue weighted by Gasteiger charge is -2.26. The van der Waals surface area contributed by atoms with Crippen molar-refractivity contribution < 1.29 is 19.5 Å². The van der Waals surface area contributed by atoms with Crippen molar-refractivity contribution in [2.75, 3.05) is 0 Å². The van der Waals surface area contributed by atoms with Crippen LogP contribution in [0.15, 0.2) is 48.5 Å². The first-order valence-electron chi connectivity index (χ1n) is 6.94. The highest BCUT2D eigenvalue weighted by molar-refractivity contribution is 6.31. The number of aliphatic carboxylic acids is 1. The van der Waals surface area contributed by atoms with Gasteiger partial charge in [0.15, 0.2) is 0 Å². The van der Waals surface area contributed by atoms with Gasteiger partial charge in [-0.15, -0.1) is 0 Å². The standard InChI is InChI=1S/C17H12ClNO4/c18-13-8-4-3-7-12(13)14(9-15(20)21)19-16(22)10-5-1-2-6-11(10)17(19)23/h1-8,14H,9H2,(H,20,21)/t14-/m1/s1. The third-order valence-electron chi connectivity index (χ3n) is 3.77. The molecule has 116 valence electrons. The van der Waals surface area contributed by atoms with Crippen LogP contribution in [0.5, 0.6) is 0 Å². The Hall–Kier alpha value is -2.66. The van der Waals surface area contributed by atoms with Crippen LogP contribution in [0, 0.1) is 0 Å². The van der Waals surface area contributed by atoms with Crippen molar-refractivity contribution in [3.05, 3.63) is 70.2 Å². The molecule has 2 aromatic carbocycles. The molecule has 0 saturated heterocycles. The number of carboxylic acid groups (broad SMARTS) is 1. The second-order valence-electron chi connectivity index (χ2n) is 5.16. The molecule has 0 fully saturated rings. The smallest absolute Gasteiger partial charge is 0.305 e. The van der Waals surface area contributed by atoms with E-state index >= 15 is 0 Å². The van der Waals surface area contributed by atoms with Gasteiger partial charge in [-0.25, -0.2) is 0 Å². The maximum atomic E-state index is 12.6. The minimum atomic E-state index is -1.12. The number of benzene rings is 2. The molecule has 3 rings (SSSR count). The summed E-state index contributed by atoms with van der Waals surface area (Å²) in [6.45, 7) is 0. The fourth-order valence-electron chi connectivity index (χ4n) is 2.74. The maximum absolute atomic E-state index is 12.6. The lowest BCUT2D eigenvalue weighted by molar-refractivity contribution is -0.138. The van der Waals surface area contributed by atoms with Gasteiger partial charge in [-0.1, -0.05) is 41.9 Å². The fraction of sp³-hybridized carbons (Fsp3) is 0.118. The van der Waals surface area contributed by atoms with Gasteiger partial charge in [0.25, 0.3) is 11.8 Å². The van der Waals surface area contributed by atoms with Crippen molar-refractivity contribution in [2.45, 2.75) is 12.5 Å². The van der Waals surface area contributed by atoms with E-state index in [4.69, 9.17) is 11.6 Å². The van der Waals surface area contributed by atoms with Crippen LogP contribution in [0.4, 0.5) is 0 Å². The van der Waals surface area contributed by atoms with E-state index in [0.717, 1.165) is 4.90 Å². The van der Waals surface area contributed by atoms with E-state index in [1.165, 1.54) is 0 Å². The van der Waals surface area contributed by atoms with E-state index in [1.54, 1.807) is 48.5 Å². The Kier molecular flexibility index (Phi) is 3.88. The minimum Gasteiger partial charge on any atom is -0.481 e. The molecule has 0 spiro atoms. The average Bonchev–Trinajstić information content (AvgIpc) is 2.78. The molecule has 0 aliphatic carbocycles. The highest BCUT2D eigenvalue weighted by atomic mass is 35.5. The van der Waals surface area contributed by atoms with Gasteiger partial charge >= 0.3 is 5.97 Å². The van der Waals surface area contributed by atoms with Crippen molar-refractivity contribution in [3.63, 3.8) is 0 Å². The molecule has 1 aliphatic rings. The summed E-state index contributed by atoms with van der Waals surface area (Å²) < 4.78 is 0. The summed E-state index contributed by atoms with van der Waals surface area (Å²) >= 11 is 6.15. The quantitative estimate of drug-likeness (QED) is 0.874. The van der Waals surface area contributed by atoms with E-state index in [9.17, 15) is 19.5 Å². The second-order valence-corrected chi connectivity index (χ2v) is 5.57. The fourth-order valence-corrected chi connectivity index (χ4v) is 3.00. The Bertz CT molecular complexity index is 783. The number of hydrogen-bond donors (Lipinski definition) is 1. The molecule has 0 bridgehead atoms. The summed E-state index contributed by atoms with van der Waals surface area (Å²) in [5, 5.41) is 9.51. The first-order valence-corrected chi connectivity index (χ1v) is 7.31. The van der Waals surface area contributed by atoms with Crippen molar-refractivity contribution in [1.82, 2.24) is 4.90 Å². The van der Waals surface area contributed by atoms with Crippen LogP contribution in [-0.2, 0) is 4.79 Å². The summed E-state index contributed by atoms with van der Waals surface area (Å²) in [4.78, 5) is 37.4. The number of carboxylic acids is 1. The molecule has 1 heterocycles. The third-order valence-corrected chi connectivity index (χ3v) is 4.11. The van der Waals surface area contributed by atoms with E-state index in [1.807, 2.05) is 0 Å². The first-order chi connectivity index (χ1) is 11.0. The van der Waals surface area contributed by atoms with Crippen LogP contribution in [-0.4, -0.2) is 27.8 Å². The zero-order chi connectivity index (χ0) is 16.6. The molecule has 0 aromatic heterocycles. The second kappa shape index (κ2) is 5.85. The van der Waals surface area contributed by atoms with E-state index in [-0.39, 0.29) is 11.1 Å². The summed E-state index contributed by atoms with van der Waals surface area (Å²) in [6, 6.07) is 12.1. The van der Waals surface area contributed by atoms with E-state index in [0.29, 0.717) is 10.6 Å². The number of hydrogen-bond acceptors (Lipinski definition) is 3. The van der Waals surface area contributed by atoms with E-state index in [2.05, 4.69) is 0 Å². The van der Waals surface area contributed by atoms with Crippen LogP contribution >= 0.6 is 11.6 Å². The number of halogens is 1.